The Labute approximate surface area is 212 Å². The first kappa shape index (κ1) is 22.7. The molecule has 0 spiro atoms. The highest BCUT2D eigenvalue weighted by Gasteiger charge is 2.48. The van der Waals surface area contributed by atoms with Gasteiger partial charge >= 0.3 is 0 Å². The number of hydrogen-bond acceptors (Lipinski definition) is 8. The van der Waals surface area contributed by atoms with Crippen molar-refractivity contribution in [1.82, 2.24) is 34.5 Å². The lowest BCUT2D eigenvalue weighted by Gasteiger charge is -2.53. The van der Waals surface area contributed by atoms with Crippen LogP contribution in [-0.4, -0.2) is 79.8 Å². The Balaban J connectivity index is 1.13. The number of aromatic amines is 1. The van der Waals surface area contributed by atoms with E-state index in [1.807, 2.05) is 45.7 Å². The number of rotatable bonds is 6. The molecule has 6 heterocycles. The maximum atomic E-state index is 12.9. The molecule has 4 aromatic rings. The molecule has 184 valence electrons. The molecule has 6 rings (SSSR count). The predicted octanol–water partition coefficient (Wildman–Crippen LogP) is 3.12. The number of nitrogens with one attached hydrogen (secondary N) is 1. The van der Waals surface area contributed by atoms with E-state index in [4.69, 9.17) is 4.74 Å². The lowest BCUT2D eigenvalue weighted by molar-refractivity contribution is -0.0412. The number of methoxy groups -OCH3 is 1. The molecule has 2 aliphatic rings. The van der Waals surface area contributed by atoms with Crippen LogP contribution in [0.25, 0.3) is 22.3 Å². The number of fused-ring (bicyclic) bond motifs is 1. The number of carbonyl (C=O) groups excluding carboxylic acids is 1. The van der Waals surface area contributed by atoms with Crippen LogP contribution in [0.3, 0.4) is 0 Å². The van der Waals surface area contributed by atoms with Crippen LogP contribution in [0.2, 0.25) is 0 Å². The van der Waals surface area contributed by atoms with Gasteiger partial charge in [-0.1, -0.05) is 0 Å². The van der Waals surface area contributed by atoms with E-state index in [1.54, 1.807) is 13.4 Å². The number of thiophene rings is 1. The summed E-state index contributed by atoms with van der Waals surface area (Å²) in [6.07, 6.45) is 9.44. The molecule has 0 aliphatic carbocycles. The first-order chi connectivity index (χ1) is 17.6. The average Bonchev–Trinajstić information content (AvgIpc) is 3.65. The minimum atomic E-state index is -0.353. The number of carbonyl (C=O) groups is 1. The third-order valence-electron chi connectivity index (χ3n) is 7.41. The lowest BCUT2D eigenvalue weighted by Crippen LogP contribution is -2.66. The maximum absolute atomic E-state index is 12.9. The van der Waals surface area contributed by atoms with Gasteiger partial charge in [-0.2, -0.15) is 10.4 Å². The van der Waals surface area contributed by atoms with Crippen LogP contribution in [0.1, 0.15) is 28.9 Å². The summed E-state index contributed by atoms with van der Waals surface area (Å²) in [5.41, 5.74) is 2.18. The number of piperidine rings is 1. The molecule has 1 N–H and O–H groups in total. The van der Waals surface area contributed by atoms with Crippen molar-refractivity contribution < 1.29 is 9.53 Å². The maximum Gasteiger partial charge on any atom is 0.267 e. The first-order valence-electron chi connectivity index (χ1n) is 12.0. The molecule has 10 nitrogen and oxygen atoms in total. The summed E-state index contributed by atoms with van der Waals surface area (Å²) < 4.78 is 7.28. The number of hydrogen-bond donors (Lipinski definition) is 1. The Morgan fingerprint density at radius 1 is 1.31 bits per heavy atom. The molecule has 0 atom stereocenters. The second-order valence-electron chi connectivity index (χ2n) is 9.44. The number of nitriles is 1. The Hall–Kier alpha value is -3.75. The topological polar surface area (TPSA) is 116 Å². The molecule has 0 saturated carbocycles. The van der Waals surface area contributed by atoms with Gasteiger partial charge in [0.15, 0.2) is 0 Å². The predicted molar refractivity (Wildman–Crippen MR) is 135 cm³/mol. The molecule has 1 amide bonds. The first-order valence-corrected chi connectivity index (χ1v) is 12.9. The monoisotopic (exact) mass is 502 g/mol. The van der Waals surface area contributed by atoms with Crippen molar-refractivity contribution in [2.24, 2.45) is 0 Å². The fraction of sp³-hybridized carbons (Fsp3) is 0.400. The minimum absolute atomic E-state index is 0.0491. The van der Waals surface area contributed by atoms with Crippen LogP contribution in [-0.2, 0) is 5.54 Å². The van der Waals surface area contributed by atoms with E-state index in [0.29, 0.717) is 23.1 Å². The van der Waals surface area contributed by atoms with Gasteiger partial charge < -0.3 is 14.6 Å². The zero-order valence-electron chi connectivity index (χ0n) is 19.9. The van der Waals surface area contributed by atoms with Crippen LogP contribution in [0.5, 0.6) is 5.75 Å². The van der Waals surface area contributed by atoms with Crippen molar-refractivity contribution in [2.45, 2.75) is 30.8 Å². The Morgan fingerprint density at radius 3 is 2.92 bits per heavy atom. The number of amides is 1. The zero-order valence-corrected chi connectivity index (χ0v) is 20.7. The van der Waals surface area contributed by atoms with Gasteiger partial charge in [0.25, 0.3) is 5.91 Å². The molecule has 2 aliphatic heterocycles. The van der Waals surface area contributed by atoms with Crippen LogP contribution >= 0.6 is 11.3 Å². The van der Waals surface area contributed by atoms with Gasteiger partial charge in [-0.3, -0.25) is 14.4 Å². The van der Waals surface area contributed by atoms with Crippen molar-refractivity contribution in [1.29, 1.82) is 5.26 Å². The minimum Gasteiger partial charge on any atom is -0.495 e. The van der Waals surface area contributed by atoms with Crippen LogP contribution in [0.15, 0.2) is 42.4 Å². The standard InChI is InChI=1S/C25H26N8O2S/c1-35-20-5-11-36-22(20)24(34)31-9-3-18(4-10-31)32-14-25(15-32,6-7-26)33-13-17(12-30-33)21-19-2-8-27-23(19)29-16-28-21/h2,5,8,11-13,16,18H,3-4,6,9-10,14-15H2,1H3,(H,27,28,29). The fourth-order valence-corrected chi connectivity index (χ4v) is 6.28. The van der Waals surface area contributed by atoms with Gasteiger partial charge in [0.05, 0.1) is 31.5 Å². The highest BCUT2D eigenvalue weighted by molar-refractivity contribution is 7.12. The highest BCUT2D eigenvalue weighted by atomic mass is 32.1. The molecular formula is C25H26N8O2S. The summed E-state index contributed by atoms with van der Waals surface area (Å²) in [6.45, 7) is 2.97. The van der Waals surface area contributed by atoms with E-state index in [9.17, 15) is 10.1 Å². The lowest BCUT2D eigenvalue weighted by atomic mass is 9.84. The Morgan fingerprint density at radius 2 is 2.14 bits per heavy atom. The van der Waals surface area contributed by atoms with Crippen molar-refractivity contribution in [3.8, 4) is 23.1 Å². The van der Waals surface area contributed by atoms with E-state index >= 15 is 0 Å². The molecule has 0 unspecified atom stereocenters. The van der Waals surface area contributed by atoms with Gasteiger partial charge in [0.1, 0.15) is 28.1 Å². The third-order valence-corrected chi connectivity index (χ3v) is 8.29. The summed E-state index contributed by atoms with van der Waals surface area (Å²) in [6, 6.07) is 6.57. The molecule has 36 heavy (non-hydrogen) atoms. The largest absolute Gasteiger partial charge is 0.495 e. The summed E-state index contributed by atoms with van der Waals surface area (Å²) >= 11 is 1.43. The molecular weight excluding hydrogens is 476 g/mol. The molecule has 0 radical (unpaired) electrons. The summed E-state index contributed by atoms with van der Waals surface area (Å²) in [7, 11) is 1.60. The Bertz CT molecular complexity index is 1440. The zero-order chi connectivity index (χ0) is 24.7. The van der Waals surface area contributed by atoms with E-state index in [2.05, 4.69) is 31.0 Å². The fourth-order valence-electron chi connectivity index (χ4n) is 5.45. The summed E-state index contributed by atoms with van der Waals surface area (Å²) in [5, 5.41) is 17.1. The second kappa shape index (κ2) is 9.04. The molecule has 2 fully saturated rings. The molecule has 0 aromatic carbocycles. The van der Waals surface area contributed by atoms with Gasteiger partial charge in [-0.15, -0.1) is 11.3 Å². The third kappa shape index (κ3) is 3.73. The van der Waals surface area contributed by atoms with Gasteiger partial charge in [0, 0.05) is 55.6 Å². The normalized spacial score (nSPS) is 18.2. The van der Waals surface area contributed by atoms with E-state index < -0.39 is 0 Å². The van der Waals surface area contributed by atoms with Crippen molar-refractivity contribution in [3.63, 3.8) is 0 Å². The SMILES string of the molecule is COc1ccsc1C(=O)N1CCC(N2CC(CC#N)(n3cc(-c4ncnc5[nH]ccc45)cn3)C2)CC1. The molecule has 0 bridgehead atoms. The molecule has 11 heteroatoms. The number of aromatic nitrogens is 5. The van der Waals surface area contributed by atoms with Crippen LogP contribution in [0, 0.1) is 11.3 Å². The molecule has 4 aromatic heterocycles. The van der Waals surface area contributed by atoms with E-state index in [-0.39, 0.29) is 11.4 Å². The van der Waals surface area contributed by atoms with Gasteiger partial charge in [-0.25, -0.2) is 9.97 Å². The number of nitrogens with zero attached hydrogens (tertiary/aromatic N) is 7. The smallest absolute Gasteiger partial charge is 0.267 e. The molecule has 2 saturated heterocycles. The number of H-pyrrole nitrogens is 1. The summed E-state index contributed by atoms with van der Waals surface area (Å²) in [4.78, 5) is 29.8. The summed E-state index contributed by atoms with van der Waals surface area (Å²) in [5.74, 6) is 0.696. The quantitative estimate of drug-likeness (QED) is 0.431. The second-order valence-corrected chi connectivity index (χ2v) is 10.4. The van der Waals surface area contributed by atoms with E-state index in [0.717, 1.165) is 61.3 Å². The number of ether oxygens (including phenoxy) is 1. The van der Waals surface area contributed by atoms with Crippen molar-refractivity contribution in [2.75, 3.05) is 33.3 Å². The van der Waals surface area contributed by atoms with Gasteiger partial charge in [0.2, 0.25) is 0 Å². The van der Waals surface area contributed by atoms with E-state index in [1.165, 1.54) is 11.3 Å². The van der Waals surface area contributed by atoms with Crippen LogP contribution < -0.4 is 4.74 Å². The van der Waals surface area contributed by atoms with Crippen LogP contribution in [0.4, 0.5) is 0 Å². The Kier molecular flexibility index (Phi) is 5.70. The number of likely N-dealkylation sites (tertiary alicyclic amines) is 2. The van der Waals surface area contributed by atoms with Gasteiger partial charge in [-0.05, 0) is 30.4 Å². The average molecular weight is 503 g/mol. The highest BCUT2D eigenvalue weighted by Crippen LogP contribution is 2.37. The van der Waals surface area contributed by atoms with Crippen molar-refractivity contribution in [3.05, 3.63) is 47.3 Å². The van der Waals surface area contributed by atoms with Crippen molar-refractivity contribution >= 4 is 28.3 Å².